The van der Waals surface area contributed by atoms with Crippen molar-refractivity contribution in [3.8, 4) is 22.8 Å². The molecule has 1 N–H and O–H groups in total. The van der Waals surface area contributed by atoms with Crippen LogP contribution in [0, 0.1) is 12.7 Å². The molecule has 8 heteroatoms. The molecule has 0 fully saturated rings. The summed E-state index contributed by atoms with van der Waals surface area (Å²) in [6.07, 6.45) is 3.34. The Morgan fingerprint density at radius 2 is 1.93 bits per heavy atom. The lowest BCUT2D eigenvalue weighted by atomic mass is 10.1. The minimum Gasteiger partial charge on any atom is -0.486 e. The second-order valence-electron chi connectivity index (χ2n) is 6.63. The first-order valence-electron chi connectivity index (χ1n) is 9.06. The van der Waals surface area contributed by atoms with E-state index in [1.54, 1.807) is 24.5 Å². The lowest BCUT2D eigenvalue weighted by Crippen LogP contribution is -2.15. The predicted octanol–water partition coefficient (Wildman–Crippen LogP) is 5.01. The van der Waals surface area contributed by atoms with Gasteiger partial charge in [0.15, 0.2) is 17.1 Å². The van der Waals surface area contributed by atoms with Crippen molar-refractivity contribution in [1.82, 2.24) is 14.4 Å². The Balaban J connectivity index is 1.70. The molecule has 0 radical (unpaired) electrons. The first kappa shape index (κ1) is 17.8. The molecule has 0 aliphatic carbocycles. The average Bonchev–Trinajstić information content (AvgIpc) is 3.07. The van der Waals surface area contributed by atoms with Gasteiger partial charge in [0.1, 0.15) is 30.5 Å². The maximum Gasteiger partial charge on any atom is 0.163 e. The van der Waals surface area contributed by atoms with Crippen LogP contribution >= 0.6 is 11.6 Å². The highest BCUT2D eigenvalue weighted by Gasteiger charge is 2.22. The molecular formula is C21H16ClFN4O2. The van der Waals surface area contributed by atoms with Crippen molar-refractivity contribution in [1.29, 1.82) is 0 Å². The standard InChI is InChI=1S/C21H16ClFN4O2/c1-12-10-24-11-18-26-20(19-14(22)3-2-4-15(19)23)21(27(12)18)25-13-5-6-16-17(9-13)29-8-7-28-16/h2-6,9-11,25H,7-8H2,1H3. The predicted molar refractivity (Wildman–Crippen MR) is 109 cm³/mol. The van der Waals surface area contributed by atoms with Crippen LogP contribution < -0.4 is 14.8 Å². The topological polar surface area (TPSA) is 60.7 Å². The van der Waals surface area contributed by atoms with Crippen LogP contribution in [0.5, 0.6) is 11.5 Å². The first-order valence-corrected chi connectivity index (χ1v) is 9.44. The van der Waals surface area contributed by atoms with E-state index in [1.165, 1.54) is 6.07 Å². The van der Waals surface area contributed by atoms with Crippen LogP contribution in [0.25, 0.3) is 16.9 Å². The normalized spacial score (nSPS) is 12.9. The van der Waals surface area contributed by atoms with Gasteiger partial charge in [-0.3, -0.25) is 9.38 Å². The van der Waals surface area contributed by atoms with Crippen molar-refractivity contribution in [3.05, 3.63) is 65.3 Å². The Morgan fingerprint density at radius 1 is 1.10 bits per heavy atom. The lowest BCUT2D eigenvalue weighted by Gasteiger charge is -2.19. The summed E-state index contributed by atoms with van der Waals surface area (Å²) in [6.45, 7) is 2.92. The van der Waals surface area contributed by atoms with E-state index in [9.17, 15) is 4.39 Å². The van der Waals surface area contributed by atoms with E-state index in [4.69, 9.17) is 21.1 Å². The number of fused-ring (bicyclic) bond motifs is 2. The molecule has 0 saturated carbocycles. The summed E-state index contributed by atoms with van der Waals surface area (Å²) in [6, 6.07) is 10.1. The minimum atomic E-state index is -0.447. The van der Waals surface area contributed by atoms with E-state index in [0.29, 0.717) is 41.9 Å². The molecule has 0 atom stereocenters. The molecule has 0 unspecified atom stereocenters. The van der Waals surface area contributed by atoms with E-state index < -0.39 is 5.82 Å². The second kappa shape index (κ2) is 6.93. The number of imidazole rings is 1. The van der Waals surface area contributed by atoms with E-state index in [-0.39, 0.29) is 10.6 Å². The molecule has 2 aromatic heterocycles. The van der Waals surface area contributed by atoms with Crippen molar-refractivity contribution in [2.24, 2.45) is 0 Å². The van der Waals surface area contributed by atoms with Gasteiger partial charge in [-0.05, 0) is 31.2 Å². The van der Waals surface area contributed by atoms with Gasteiger partial charge in [-0.25, -0.2) is 9.37 Å². The zero-order valence-corrected chi connectivity index (χ0v) is 16.2. The van der Waals surface area contributed by atoms with Gasteiger partial charge >= 0.3 is 0 Å². The third-order valence-electron chi connectivity index (χ3n) is 4.71. The number of hydrogen-bond donors (Lipinski definition) is 1. The van der Waals surface area contributed by atoms with Gasteiger partial charge < -0.3 is 14.8 Å². The van der Waals surface area contributed by atoms with Gasteiger partial charge in [0.2, 0.25) is 0 Å². The van der Waals surface area contributed by atoms with E-state index in [1.807, 2.05) is 29.5 Å². The lowest BCUT2D eigenvalue weighted by molar-refractivity contribution is 0.171. The summed E-state index contributed by atoms with van der Waals surface area (Å²) in [4.78, 5) is 8.80. The number of aromatic nitrogens is 3. The molecule has 1 aliphatic heterocycles. The Morgan fingerprint density at radius 3 is 2.76 bits per heavy atom. The third-order valence-corrected chi connectivity index (χ3v) is 5.03. The molecule has 4 aromatic rings. The van der Waals surface area contributed by atoms with E-state index >= 15 is 0 Å². The fraction of sp³-hybridized carbons (Fsp3) is 0.143. The molecule has 0 bridgehead atoms. The fourth-order valence-corrected chi connectivity index (χ4v) is 3.67. The summed E-state index contributed by atoms with van der Waals surface area (Å²) in [5.74, 6) is 1.48. The SMILES string of the molecule is Cc1cncc2nc(-c3c(F)cccc3Cl)c(Nc3ccc4c(c3)OCCO4)n12. The van der Waals surface area contributed by atoms with E-state index in [0.717, 1.165) is 11.4 Å². The number of anilines is 2. The quantitative estimate of drug-likeness (QED) is 0.514. The number of ether oxygens (including phenoxy) is 2. The fourth-order valence-electron chi connectivity index (χ4n) is 3.42. The highest BCUT2D eigenvalue weighted by atomic mass is 35.5. The molecule has 0 spiro atoms. The van der Waals surface area contributed by atoms with Crippen LogP contribution in [0.15, 0.2) is 48.8 Å². The highest BCUT2D eigenvalue weighted by Crippen LogP contribution is 2.39. The van der Waals surface area contributed by atoms with Crippen molar-refractivity contribution < 1.29 is 13.9 Å². The van der Waals surface area contributed by atoms with Gasteiger partial charge in [-0.1, -0.05) is 17.7 Å². The summed E-state index contributed by atoms with van der Waals surface area (Å²) < 4.78 is 27.8. The number of benzene rings is 2. The van der Waals surface area contributed by atoms with Crippen molar-refractivity contribution in [2.45, 2.75) is 6.92 Å². The molecular weight excluding hydrogens is 395 g/mol. The zero-order valence-electron chi connectivity index (χ0n) is 15.4. The number of hydrogen-bond acceptors (Lipinski definition) is 5. The Kier molecular flexibility index (Phi) is 4.24. The van der Waals surface area contributed by atoms with Crippen molar-refractivity contribution >= 4 is 28.8 Å². The van der Waals surface area contributed by atoms with Gasteiger partial charge in [0.25, 0.3) is 0 Å². The first-order chi connectivity index (χ1) is 14.1. The number of nitrogens with one attached hydrogen (secondary N) is 1. The molecule has 1 aliphatic rings. The number of nitrogens with zero attached hydrogens (tertiary/aromatic N) is 3. The average molecular weight is 411 g/mol. The summed E-state index contributed by atoms with van der Waals surface area (Å²) in [5, 5.41) is 3.63. The van der Waals surface area contributed by atoms with Gasteiger partial charge in [-0.2, -0.15) is 0 Å². The molecule has 3 heterocycles. The smallest absolute Gasteiger partial charge is 0.163 e. The van der Waals surface area contributed by atoms with Crippen LogP contribution in [-0.4, -0.2) is 27.6 Å². The largest absolute Gasteiger partial charge is 0.486 e. The Labute approximate surface area is 170 Å². The monoisotopic (exact) mass is 410 g/mol. The second-order valence-corrected chi connectivity index (χ2v) is 7.04. The number of aryl methyl sites for hydroxylation is 1. The molecule has 6 nitrogen and oxygen atoms in total. The highest BCUT2D eigenvalue weighted by molar-refractivity contribution is 6.33. The van der Waals surface area contributed by atoms with Gasteiger partial charge in [-0.15, -0.1) is 0 Å². The molecule has 0 amide bonds. The number of rotatable bonds is 3. The maximum atomic E-state index is 14.7. The third kappa shape index (κ3) is 3.03. The Hall–Kier alpha value is -3.32. The zero-order chi connectivity index (χ0) is 20.0. The van der Waals surface area contributed by atoms with Crippen LogP contribution in [0.2, 0.25) is 5.02 Å². The molecule has 2 aromatic carbocycles. The molecule has 146 valence electrons. The summed E-state index contributed by atoms with van der Waals surface area (Å²) in [7, 11) is 0. The summed E-state index contributed by atoms with van der Waals surface area (Å²) in [5.41, 5.74) is 2.81. The van der Waals surface area contributed by atoms with Crippen molar-refractivity contribution in [3.63, 3.8) is 0 Å². The minimum absolute atomic E-state index is 0.234. The Bertz CT molecular complexity index is 1220. The van der Waals surface area contributed by atoms with Gasteiger partial charge in [0, 0.05) is 23.6 Å². The van der Waals surface area contributed by atoms with Gasteiger partial charge in [0.05, 0.1) is 16.8 Å². The van der Waals surface area contributed by atoms with Crippen LogP contribution in [0.3, 0.4) is 0 Å². The number of halogens is 2. The van der Waals surface area contributed by atoms with Crippen LogP contribution in [0.1, 0.15) is 5.69 Å². The summed E-state index contributed by atoms with van der Waals surface area (Å²) >= 11 is 6.33. The molecule has 5 rings (SSSR count). The maximum absolute atomic E-state index is 14.7. The van der Waals surface area contributed by atoms with Crippen LogP contribution in [0.4, 0.5) is 15.9 Å². The molecule has 29 heavy (non-hydrogen) atoms. The van der Waals surface area contributed by atoms with E-state index in [2.05, 4.69) is 15.3 Å². The molecule has 0 saturated heterocycles. The van der Waals surface area contributed by atoms with Crippen molar-refractivity contribution in [2.75, 3.05) is 18.5 Å². The van der Waals surface area contributed by atoms with Crippen LogP contribution in [-0.2, 0) is 0 Å².